The Morgan fingerprint density at radius 2 is 1.81 bits per heavy atom. The molecule has 96 valence electrons. The second-order valence-corrected chi connectivity index (χ2v) is 4.34. The van der Waals surface area contributed by atoms with Gasteiger partial charge in [0.05, 0.1) is 6.54 Å². The molecular formula is C13H28N2O. The van der Waals surface area contributed by atoms with Crippen molar-refractivity contribution in [2.24, 2.45) is 0 Å². The molecule has 0 radical (unpaired) electrons. The van der Waals surface area contributed by atoms with Gasteiger partial charge in [-0.05, 0) is 27.2 Å². The molecule has 0 aromatic rings. The third-order valence-corrected chi connectivity index (χ3v) is 2.96. The standard InChI is InChI=1S/C13H28N2O/c1-5-8-9-10-12(4)14-11-13(16)15(6-2)7-3/h12,14H,5-11H2,1-4H3. The smallest absolute Gasteiger partial charge is 0.236 e. The molecule has 1 amide bonds. The molecule has 16 heavy (non-hydrogen) atoms. The van der Waals surface area contributed by atoms with Crippen LogP contribution in [-0.4, -0.2) is 36.5 Å². The van der Waals surface area contributed by atoms with Crippen LogP contribution in [0, 0.1) is 0 Å². The highest BCUT2D eigenvalue weighted by molar-refractivity contribution is 5.78. The highest BCUT2D eigenvalue weighted by Crippen LogP contribution is 2.02. The lowest BCUT2D eigenvalue weighted by Gasteiger charge is -2.20. The molecule has 3 nitrogen and oxygen atoms in total. The van der Waals surface area contributed by atoms with Gasteiger partial charge in [0.2, 0.25) is 5.91 Å². The van der Waals surface area contributed by atoms with Crippen LogP contribution in [0.15, 0.2) is 0 Å². The molecule has 1 unspecified atom stereocenters. The fraction of sp³-hybridized carbons (Fsp3) is 0.923. The zero-order valence-corrected chi connectivity index (χ0v) is 11.4. The first-order chi connectivity index (χ1) is 7.65. The van der Waals surface area contributed by atoms with Crippen molar-refractivity contribution in [3.63, 3.8) is 0 Å². The Morgan fingerprint density at radius 3 is 2.31 bits per heavy atom. The summed E-state index contributed by atoms with van der Waals surface area (Å²) >= 11 is 0. The number of unbranched alkanes of at least 4 members (excludes halogenated alkanes) is 2. The number of carbonyl (C=O) groups is 1. The Kier molecular flexibility index (Phi) is 9.30. The van der Waals surface area contributed by atoms with Gasteiger partial charge in [0.1, 0.15) is 0 Å². The van der Waals surface area contributed by atoms with E-state index in [1.54, 1.807) is 0 Å². The summed E-state index contributed by atoms with van der Waals surface area (Å²) in [7, 11) is 0. The number of hydrogen-bond acceptors (Lipinski definition) is 2. The van der Waals surface area contributed by atoms with E-state index in [0.29, 0.717) is 12.6 Å². The Labute approximate surface area is 101 Å². The zero-order valence-electron chi connectivity index (χ0n) is 11.4. The van der Waals surface area contributed by atoms with Gasteiger partial charge in [0.15, 0.2) is 0 Å². The van der Waals surface area contributed by atoms with Gasteiger partial charge in [0, 0.05) is 19.1 Å². The SMILES string of the molecule is CCCCCC(C)NCC(=O)N(CC)CC. The molecule has 1 N–H and O–H groups in total. The van der Waals surface area contributed by atoms with Crippen LogP contribution in [-0.2, 0) is 4.79 Å². The van der Waals surface area contributed by atoms with Gasteiger partial charge < -0.3 is 10.2 Å². The van der Waals surface area contributed by atoms with Crippen molar-refractivity contribution in [1.82, 2.24) is 10.2 Å². The molecule has 3 heteroatoms. The summed E-state index contributed by atoms with van der Waals surface area (Å²) in [6.45, 7) is 10.5. The van der Waals surface area contributed by atoms with Crippen LogP contribution in [0.3, 0.4) is 0 Å². The monoisotopic (exact) mass is 228 g/mol. The summed E-state index contributed by atoms with van der Waals surface area (Å²) in [4.78, 5) is 13.6. The van der Waals surface area contributed by atoms with E-state index in [9.17, 15) is 4.79 Å². The molecule has 0 aliphatic rings. The molecule has 0 aromatic heterocycles. The topological polar surface area (TPSA) is 32.3 Å². The molecule has 0 rings (SSSR count). The number of rotatable bonds is 9. The van der Waals surface area contributed by atoms with Crippen LogP contribution in [0.4, 0.5) is 0 Å². The van der Waals surface area contributed by atoms with Crippen LogP contribution >= 0.6 is 0 Å². The maximum absolute atomic E-state index is 11.7. The first kappa shape index (κ1) is 15.4. The van der Waals surface area contributed by atoms with Gasteiger partial charge in [-0.3, -0.25) is 4.79 Å². The summed E-state index contributed by atoms with van der Waals surface area (Å²) in [6, 6.07) is 0.450. The van der Waals surface area contributed by atoms with Gasteiger partial charge in [-0.25, -0.2) is 0 Å². The highest BCUT2D eigenvalue weighted by Gasteiger charge is 2.10. The van der Waals surface area contributed by atoms with E-state index in [1.807, 2.05) is 18.7 Å². The van der Waals surface area contributed by atoms with Crippen molar-refractivity contribution in [3.8, 4) is 0 Å². The van der Waals surface area contributed by atoms with Crippen molar-refractivity contribution in [1.29, 1.82) is 0 Å². The van der Waals surface area contributed by atoms with Crippen molar-refractivity contribution in [3.05, 3.63) is 0 Å². The Bertz CT molecular complexity index is 179. The maximum atomic E-state index is 11.7. The molecule has 0 heterocycles. The minimum Gasteiger partial charge on any atom is -0.342 e. The van der Waals surface area contributed by atoms with E-state index in [4.69, 9.17) is 0 Å². The minimum atomic E-state index is 0.215. The van der Waals surface area contributed by atoms with Crippen LogP contribution < -0.4 is 5.32 Å². The van der Waals surface area contributed by atoms with Crippen molar-refractivity contribution < 1.29 is 4.79 Å². The number of nitrogens with one attached hydrogen (secondary N) is 1. The Morgan fingerprint density at radius 1 is 1.19 bits per heavy atom. The summed E-state index contributed by atoms with van der Waals surface area (Å²) in [5, 5.41) is 3.30. The van der Waals surface area contributed by atoms with Crippen LogP contribution in [0.25, 0.3) is 0 Å². The molecular weight excluding hydrogens is 200 g/mol. The van der Waals surface area contributed by atoms with E-state index in [-0.39, 0.29) is 5.91 Å². The second-order valence-electron chi connectivity index (χ2n) is 4.34. The number of hydrogen-bond donors (Lipinski definition) is 1. The summed E-state index contributed by atoms with van der Waals surface area (Å²) in [5.41, 5.74) is 0. The summed E-state index contributed by atoms with van der Waals surface area (Å²) < 4.78 is 0. The van der Waals surface area contributed by atoms with E-state index in [1.165, 1.54) is 25.7 Å². The number of nitrogens with zero attached hydrogens (tertiary/aromatic N) is 1. The third kappa shape index (κ3) is 6.83. The van der Waals surface area contributed by atoms with E-state index < -0.39 is 0 Å². The first-order valence-electron chi connectivity index (χ1n) is 6.66. The Hall–Kier alpha value is -0.570. The molecule has 0 saturated heterocycles. The Balaban J connectivity index is 3.65. The molecule has 0 bridgehead atoms. The number of amides is 1. The molecule has 0 spiro atoms. The zero-order chi connectivity index (χ0) is 12.4. The largest absolute Gasteiger partial charge is 0.342 e. The average molecular weight is 228 g/mol. The van der Waals surface area contributed by atoms with E-state index >= 15 is 0 Å². The van der Waals surface area contributed by atoms with Crippen molar-refractivity contribution >= 4 is 5.91 Å². The average Bonchev–Trinajstić information content (AvgIpc) is 2.28. The van der Waals surface area contributed by atoms with Gasteiger partial charge in [0.25, 0.3) is 0 Å². The highest BCUT2D eigenvalue weighted by atomic mass is 16.2. The minimum absolute atomic E-state index is 0.215. The molecule has 0 aromatic carbocycles. The molecule has 0 fully saturated rings. The van der Waals surface area contributed by atoms with Crippen LogP contribution in [0.2, 0.25) is 0 Å². The second kappa shape index (κ2) is 9.64. The van der Waals surface area contributed by atoms with Gasteiger partial charge in [-0.1, -0.05) is 26.2 Å². The number of likely N-dealkylation sites (N-methyl/N-ethyl adjacent to an activating group) is 1. The predicted molar refractivity (Wildman–Crippen MR) is 69.5 cm³/mol. The molecule has 0 saturated carbocycles. The van der Waals surface area contributed by atoms with Crippen LogP contribution in [0.1, 0.15) is 53.4 Å². The quantitative estimate of drug-likeness (QED) is 0.615. The van der Waals surface area contributed by atoms with Gasteiger partial charge in [-0.2, -0.15) is 0 Å². The lowest BCUT2D eigenvalue weighted by atomic mass is 10.1. The lowest BCUT2D eigenvalue weighted by Crippen LogP contribution is -2.40. The maximum Gasteiger partial charge on any atom is 0.236 e. The summed E-state index contributed by atoms with van der Waals surface area (Å²) in [6.07, 6.45) is 4.96. The molecule has 0 aliphatic carbocycles. The van der Waals surface area contributed by atoms with E-state index in [0.717, 1.165) is 13.1 Å². The molecule has 0 aliphatic heterocycles. The third-order valence-electron chi connectivity index (χ3n) is 2.96. The normalized spacial score (nSPS) is 12.5. The fourth-order valence-electron chi connectivity index (χ4n) is 1.75. The predicted octanol–water partition coefficient (Wildman–Crippen LogP) is 2.41. The van der Waals surface area contributed by atoms with Gasteiger partial charge >= 0.3 is 0 Å². The van der Waals surface area contributed by atoms with E-state index in [2.05, 4.69) is 19.2 Å². The summed E-state index contributed by atoms with van der Waals surface area (Å²) in [5.74, 6) is 0.215. The number of carbonyl (C=O) groups excluding carboxylic acids is 1. The van der Waals surface area contributed by atoms with Crippen molar-refractivity contribution in [2.75, 3.05) is 19.6 Å². The first-order valence-corrected chi connectivity index (χ1v) is 6.66. The fourth-order valence-corrected chi connectivity index (χ4v) is 1.75. The molecule has 1 atom stereocenters. The van der Waals surface area contributed by atoms with Crippen molar-refractivity contribution in [2.45, 2.75) is 59.4 Å². The lowest BCUT2D eigenvalue weighted by molar-refractivity contribution is -0.129. The van der Waals surface area contributed by atoms with Gasteiger partial charge in [-0.15, -0.1) is 0 Å². The van der Waals surface area contributed by atoms with Crippen LogP contribution in [0.5, 0.6) is 0 Å².